The van der Waals surface area contributed by atoms with E-state index in [2.05, 4.69) is 5.32 Å². The fraction of sp³-hybridized carbons (Fsp3) is 0.625. The number of ether oxygens (including phenoxy) is 2. The molecule has 0 bridgehead atoms. The number of aliphatic hydroxyl groups is 1. The van der Waals surface area contributed by atoms with Crippen LogP contribution in [-0.4, -0.2) is 37.5 Å². The van der Waals surface area contributed by atoms with Gasteiger partial charge < -0.3 is 19.9 Å². The minimum Gasteiger partial charge on any atom is -0.497 e. The van der Waals surface area contributed by atoms with E-state index in [-0.39, 0.29) is 12.1 Å². The number of methoxy groups -OCH3 is 1. The Kier molecular flexibility index (Phi) is 7.59. The van der Waals surface area contributed by atoms with Crippen molar-refractivity contribution in [3.8, 4) is 5.75 Å². The second-order valence-electron chi connectivity index (χ2n) is 5.24. The first-order valence-corrected chi connectivity index (χ1v) is 7.21. The highest BCUT2D eigenvalue weighted by atomic mass is 16.5. The third-order valence-electron chi connectivity index (χ3n) is 3.15. The SMILES string of the molecule is COc1cccc(C(O)C(C)NCCCOC(C)C)c1. The second kappa shape index (κ2) is 8.95. The molecular formula is C16H27NO3. The lowest BCUT2D eigenvalue weighted by Gasteiger charge is -2.21. The van der Waals surface area contributed by atoms with Crippen molar-refractivity contribution >= 4 is 0 Å². The molecule has 0 saturated carbocycles. The monoisotopic (exact) mass is 281 g/mol. The van der Waals surface area contributed by atoms with Crippen molar-refractivity contribution in [1.29, 1.82) is 0 Å². The Bertz CT molecular complexity index is 382. The van der Waals surface area contributed by atoms with Gasteiger partial charge in [0.2, 0.25) is 0 Å². The van der Waals surface area contributed by atoms with Gasteiger partial charge in [-0.3, -0.25) is 0 Å². The van der Waals surface area contributed by atoms with E-state index in [1.165, 1.54) is 0 Å². The molecule has 1 aromatic carbocycles. The lowest BCUT2D eigenvalue weighted by atomic mass is 10.0. The number of hydrogen-bond donors (Lipinski definition) is 2. The van der Waals surface area contributed by atoms with E-state index in [0.29, 0.717) is 0 Å². The summed E-state index contributed by atoms with van der Waals surface area (Å²) in [4.78, 5) is 0. The number of benzene rings is 1. The molecule has 0 aromatic heterocycles. The molecule has 2 atom stereocenters. The minimum absolute atomic E-state index is 0.0128. The van der Waals surface area contributed by atoms with Crippen LogP contribution in [0.2, 0.25) is 0 Å². The summed E-state index contributed by atoms with van der Waals surface area (Å²) in [6.45, 7) is 7.61. The van der Waals surface area contributed by atoms with Crippen molar-refractivity contribution in [3.05, 3.63) is 29.8 Å². The molecule has 0 amide bonds. The lowest BCUT2D eigenvalue weighted by molar-refractivity contribution is 0.0746. The highest BCUT2D eigenvalue weighted by Crippen LogP contribution is 2.21. The maximum Gasteiger partial charge on any atom is 0.119 e. The maximum absolute atomic E-state index is 10.3. The van der Waals surface area contributed by atoms with Gasteiger partial charge >= 0.3 is 0 Å². The summed E-state index contributed by atoms with van der Waals surface area (Å²) in [5.41, 5.74) is 0.864. The molecular weight excluding hydrogens is 254 g/mol. The van der Waals surface area contributed by atoms with E-state index in [4.69, 9.17) is 9.47 Å². The molecule has 0 aliphatic heterocycles. The van der Waals surface area contributed by atoms with Crippen LogP contribution in [0.5, 0.6) is 5.75 Å². The zero-order valence-electron chi connectivity index (χ0n) is 12.9. The van der Waals surface area contributed by atoms with Gasteiger partial charge in [-0.2, -0.15) is 0 Å². The van der Waals surface area contributed by atoms with E-state index < -0.39 is 6.10 Å². The molecule has 0 radical (unpaired) electrons. The summed E-state index contributed by atoms with van der Waals surface area (Å²) in [6, 6.07) is 7.52. The molecule has 2 N–H and O–H groups in total. The topological polar surface area (TPSA) is 50.7 Å². The zero-order valence-corrected chi connectivity index (χ0v) is 12.9. The first kappa shape index (κ1) is 17.0. The predicted octanol–water partition coefficient (Wildman–Crippen LogP) is 2.52. The van der Waals surface area contributed by atoms with Crippen LogP contribution in [0.25, 0.3) is 0 Å². The van der Waals surface area contributed by atoms with Crippen LogP contribution in [0, 0.1) is 0 Å². The average molecular weight is 281 g/mol. The van der Waals surface area contributed by atoms with Gasteiger partial charge in [-0.15, -0.1) is 0 Å². The van der Waals surface area contributed by atoms with Crippen LogP contribution in [0.1, 0.15) is 38.9 Å². The van der Waals surface area contributed by atoms with Crippen LogP contribution >= 0.6 is 0 Å². The largest absolute Gasteiger partial charge is 0.497 e. The third kappa shape index (κ3) is 5.90. The Balaban J connectivity index is 2.36. The summed E-state index contributed by atoms with van der Waals surface area (Å²) >= 11 is 0. The van der Waals surface area contributed by atoms with E-state index in [9.17, 15) is 5.11 Å². The van der Waals surface area contributed by atoms with Crippen LogP contribution < -0.4 is 10.1 Å². The molecule has 114 valence electrons. The Hall–Kier alpha value is -1.10. The molecule has 4 heteroatoms. The van der Waals surface area contributed by atoms with Crippen molar-refractivity contribution in [2.24, 2.45) is 0 Å². The molecule has 0 aliphatic carbocycles. The predicted molar refractivity (Wildman–Crippen MR) is 81.1 cm³/mol. The molecule has 1 aromatic rings. The first-order valence-electron chi connectivity index (χ1n) is 7.21. The van der Waals surface area contributed by atoms with Gasteiger partial charge in [0.15, 0.2) is 0 Å². The maximum atomic E-state index is 10.3. The molecule has 20 heavy (non-hydrogen) atoms. The van der Waals surface area contributed by atoms with E-state index >= 15 is 0 Å². The van der Waals surface area contributed by atoms with Crippen molar-refractivity contribution < 1.29 is 14.6 Å². The van der Waals surface area contributed by atoms with E-state index in [0.717, 1.165) is 30.9 Å². The molecule has 2 unspecified atom stereocenters. The van der Waals surface area contributed by atoms with Crippen molar-refractivity contribution in [2.75, 3.05) is 20.3 Å². The van der Waals surface area contributed by atoms with Crippen molar-refractivity contribution in [3.63, 3.8) is 0 Å². The number of rotatable bonds is 9. The molecule has 0 fully saturated rings. The van der Waals surface area contributed by atoms with Gasteiger partial charge in [0, 0.05) is 12.6 Å². The molecule has 4 nitrogen and oxygen atoms in total. The molecule has 0 aliphatic rings. The van der Waals surface area contributed by atoms with Crippen LogP contribution in [0.3, 0.4) is 0 Å². The quantitative estimate of drug-likeness (QED) is 0.683. The standard InChI is InChI=1S/C16H27NO3/c1-12(2)20-10-6-9-17-13(3)16(18)14-7-5-8-15(11-14)19-4/h5,7-8,11-13,16-18H,6,9-10H2,1-4H3. The van der Waals surface area contributed by atoms with Crippen molar-refractivity contribution in [2.45, 2.75) is 45.4 Å². The normalized spacial score (nSPS) is 14.3. The first-order chi connectivity index (χ1) is 9.54. The minimum atomic E-state index is -0.545. The zero-order chi connectivity index (χ0) is 15.0. The summed E-state index contributed by atoms with van der Waals surface area (Å²) in [5, 5.41) is 13.6. The van der Waals surface area contributed by atoms with Crippen LogP contribution in [0.15, 0.2) is 24.3 Å². The van der Waals surface area contributed by atoms with Gasteiger partial charge in [-0.25, -0.2) is 0 Å². The number of aliphatic hydroxyl groups excluding tert-OH is 1. The Morgan fingerprint density at radius 3 is 2.65 bits per heavy atom. The second-order valence-corrected chi connectivity index (χ2v) is 5.24. The van der Waals surface area contributed by atoms with Crippen LogP contribution in [-0.2, 0) is 4.74 Å². The fourth-order valence-electron chi connectivity index (χ4n) is 1.95. The number of hydrogen-bond acceptors (Lipinski definition) is 4. The van der Waals surface area contributed by atoms with Gasteiger partial charge in [0.1, 0.15) is 5.75 Å². The molecule has 0 spiro atoms. The van der Waals surface area contributed by atoms with Gasteiger partial charge in [0.25, 0.3) is 0 Å². The average Bonchev–Trinajstić information content (AvgIpc) is 2.45. The Morgan fingerprint density at radius 1 is 1.25 bits per heavy atom. The van der Waals surface area contributed by atoms with Gasteiger partial charge in [-0.05, 0) is 51.4 Å². The van der Waals surface area contributed by atoms with E-state index in [1.807, 2.05) is 45.0 Å². The molecule has 0 saturated heterocycles. The molecule has 0 heterocycles. The third-order valence-corrected chi connectivity index (χ3v) is 3.15. The van der Waals surface area contributed by atoms with Crippen molar-refractivity contribution in [1.82, 2.24) is 5.32 Å². The Morgan fingerprint density at radius 2 is 2.00 bits per heavy atom. The highest BCUT2D eigenvalue weighted by molar-refractivity contribution is 5.30. The highest BCUT2D eigenvalue weighted by Gasteiger charge is 2.16. The van der Waals surface area contributed by atoms with Gasteiger partial charge in [-0.1, -0.05) is 12.1 Å². The summed E-state index contributed by atoms with van der Waals surface area (Å²) in [5.74, 6) is 0.763. The van der Waals surface area contributed by atoms with Gasteiger partial charge in [0.05, 0.1) is 19.3 Å². The fourth-order valence-corrected chi connectivity index (χ4v) is 1.95. The smallest absolute Gasteiger partial charge is 0.119 e. The van der Waals surface area contributed by atoms with Crippen LogP contribution in [0.4, 0.5) is 0 Å². The Labute approximate surface area is 122 Å². The lowest BCUT2D eigenvalue weighted by Crippen LogP contribution is -2.33. The summed E-state index contributed by atoms with van der Waals surface area (Å²) < 4.78 is 10.7. The molecule has 1 rings (SSSR count). The van der Waals surface area contributed by atoms with E-state index in [1.54, 1.807) is 7.11 Å². The summed E-state index contributed by atoms with van der Waals surface area (Å²) in [7, 11) is 1.63. The number of nitrogens with one attached hydrogen (secondary N) is 1. The summed E-state index contributed by atoms with van der Waals surface area (Å²) in [6.07, 6.45) is 0.666.